The van der Waals surface area contributed by atoms with Crippen molar-refractivity contribution in [1.82, 2.24) is 9.78 Å². The first-order chi connectivity index (χ1) is 6.24. The molecular weight excluding hydrogens is 164 g/mol. The number of nitriles is 1. The number of hydrogen-bond donors (Lipinski definition) is 1. The van der Waals surface area contributed by atoms with Crippen LogP contribution in [-0.2, 0) is 7.05 Å². The van der Waals surface area contributed by atoms with Crippen molar-refractivity contribution in [3.63, 3.8) is 0 Å². The molecule has 0 radical (unpaired) electrons. The Morgan fingerprint density at radius 2 is 2.54 bits per heavy atom. The number of aromatic nitrogens is 2. The maximum absolute atomic E-state index is 8.82. The van der Waals surface area contributed by atoms with E-state index >= 15 is 0 Å². The number of rotatable bonds is 3. The molecule has 1 N–H and O–H groups in total. The second kappa shape index (κ2) is 2.77. The number of aryl methyl sites for hydroxylation is 1. The summed E-state index contributed by atoms with van der Waals surface area (Å²) in [4.78, 5) is 0. The van der Waals surface area contributed by atoms with Crippen molar-refractivity contribution in [3.05, 3.63) is 12.3 Å². The SMILES string of the molecule is Cn1ccc(NCC2(C#N)CC2)n1. The average molecular weight is 176 g/mol. The van der Waals surface area contributed by atoms with Crippen LogP contribution in [0.3, 0.4) is 0 Å². The molecule has 0 spiro atoms. The third kappa shape index (κ3) is 1.64. The Morgan fingerprint density at radius 3 is 3.00 bits per heavy atom. The van der Waals surface area contributed by atoms with Crippen LogP contribution in [0.5, 0.6) is 0 Å². The second-order valence-corrected chi connectivity index (χ2v) is 3.62. The van der Waals surface area contributed by atoms with Gasteiger partial charge in [0.2, 0.25) is 0 Å². The molecule has 1 aliphatic rings. The van der Waals surface area contributed by atoms with Gasteiger partial charge >= 0.3 is 0 Å². The summed E-state index contributed by atoms with van der Waals surface area (Å²) in [6.07, 6.45) is 3.92. The summed E-state index contributed by atoms with van der Waals surface area (Å²) in [5.74, 6) is 0.851. The van der Waals surface area contributed by atoms with Crippen LogP contribution in [0, 0.1) is 16.7 Å². The van der Waals surface area contributed by atoms with E-state index in [0.717, 1.165) is 25.2 Å². The van der Waals surface area contributed by atoms with Crippen LogP contribution in [0.15, 0.2) is 12.3 Å². The lowest BCUT2D eigenvalue weighted by Gasteiger charge is -2.05. The predicted octanol–water partition coefficient (Wildman–Crippen LogP) is 1.14. The van der Waals surface area contributed by atoms with Gasteiger partial charge < -0.3 is 5.32 Å². The fraction of sp³-hybridized carbons (Fsp3) is 0.556. The number of nitrogens with zero attached hydrogens (tertiary/aromatic N) is 3. The Kier molecular flexibility index (Phi) is 1.73. The van der Waals surface area contributed by atoms with Gasteiger partial charge in [-0.2, -0.15) is 10.4 Å². The zero-order chi connectivity index (χ0) is 9.31. The van der Waals surface area contributed by atoms with Gasteiger partial charge in [-0.15, -0.1) is 0 Å². The minimum atomic E-state index is -0.0997. The lowest BCUT2D eigenvalue weighted by atomic mass is 10.1. The fourth-order valence-corrected chi connectivity index (χ4v) is 1.25. The van der Waals surface area contributed by atoms with E-state index in [1.807, 2.05) is 19.3 Å². The van der Waals surface area contributed by atoms with Crippen LogP contribution >= 0.6 is 0 Å². The van der Waals surface area contributed by atoms with Crippen molar-refractivity contribution in [2.45, 2.75) is 12.8 Å². The van der Waals surface area contributed by atoms with Gasteiger partial charge in [0.05, 0.1) is 11.5 Å². The summed E-state index contributed by atoms with van der Waals surface area (Å²) in [7, 11) is 1.88. The highest BCUT2D eigenvalue weighted by Gasteiger charge is 2.42. The van der Waals surface area contributed by atoms with Gasteiger partial charge in [0.15, 0.2) is 0 Å². The highest BCUT2D eigenvalue weighted by molar-refractivity contribution is 5.34. The molecule has 0 unspecified atom stereocenters. The summed E-state index contributed by atoms with van der Waals surface area (Å²) in [5.41, 5.74) is -0.0997. The molecule has 0 aromatic carbocycles. The van der Waals surface area contributed by atoms with Crippen molar-refractivity contribution in [2.75, 3.05) is 11.9 Å². The molecule has 0 amide bonds. The fourth-order valence-electron chi connectivity index (χ4n) is 1.25. The predicted molar refractivity (Wildman–Crippen MR) is 49.0 cm³/mol. The molecule has 2 rings (SSSR count). The molecule has 1 aromatic rings. The Labute approximate surface area is 77.2 Å². The normalized spacial score (nSPS) is 17.8. The third-order valence-electron chi connectivity index (χ3n) is 2.41. The quantitative estimate of drug-likeness (QED) is 0.751. The first-order valence-electron chi connectivity index (χ1n) is 4.39. The van der Waals surface area contributed by atoms with E-state index in [-0.39, 0.29) is 5.41 Å². The lowest BCUT2D eigenvalue weighted by Crippen LogP contribution is -2.13. The largest absolute Gasteiger partial charge is 0.367 e. The molecule has 1 heterocycles. The number of anilines is 1. The van der Waals surface area contributed by atoms with Crippen molar-refractivity contribution in [1.29, 1.82) is 5.26 Å². The van der Waals surface area contributed by atoms with Gasteiger partial charge in [0.1, 0.15) is 5.82 Å². The van der Waals surface area contributed by atoms with Crippen molar-refractivity contribution < 1.29 is 0 Å². The van der Waals surface area contributed by atoms with Crippen LogP contribution in [0.1, 0.15) is 12.8 Å². The monoisotopic (exact) mass is 176 g/mol. The van der Waals surface area contributed by atoms with Crippen LogP contribution in [0.2, 0.25) is 0 Å². The van der Waals surface area contributed by atoms with E-state index in [1.165, 1.54) is 0 Å². The Hall–Kier alpha value is -1.50. The molecule has 0 saturated heterocycles. The van der Waals surface area contributed by atoms with Gasteiger partial charge in [-0.1, -0.05) is 0 Å². The summed E-state index contributed by atoms with van der Waals surface area (Å²) in [5, 5.41) is 16.2. The Bertz CT molecular complexity index is 343. The van der Waals surface area contributed by atoms with Gasteiger partial charge in [0, 0.05) is 25.9 Å². The van der Waals surface area contributed by atoms with E-state index in [0.29, 0.717) is 0 Å². The maximum Gasteiger partial charge on any atom is 0.148 e. The minimum Gasteiger partial charge on any atom is -0.367 e. The smallest absolute Gasteiger partial charge is 0.148 e. The van der Waals surface area contributed by atoms with Gasteiger partial charge in [-0.25, -0.2) is 0 Å². The summed E-state index contributed by atoms with van der Waals surface area (Å²) < 4.78 is 1.74. The van der Waals surface area contributed by atoms with E-state index in [9.17, 15) is 0 Å². The molecule has 0 aliphatic heterocycles. The average Bonchev–Trinajstić information content (AvgIpc) is 2.81. The lowest BCUT2D eigenvalue weighted by molar-refractivity contribution is 0.702. The van der Waals surface area contributed by atoms with Crippen LogP contribution in [0.25, 0.3) is 0 Å². The molecule has 1 fully saturated rings. The number of hydrogen-bond acceptors (Lipinski definition) is 3. The standard InChI is InChI=1S/C9H12N4/c1-13-5-2-8(12-13)11-7-9(6-10)3-4-9/h2,5H,3-4,7H2,1H3,(H,11,12). The molecule has 1 saturated carbocycles. The second-order valence-electron chi connectivity index (χ2n) is 3.62. The zero-order valence-corrected chi connectivity index (χ0v) is 7.62. The number of nitrogens with one attached hydrogen (secondary N) is 1. The first-order valence-corrected chi connectivity index (χ1v) is 4.39. The summed E-state index contributed by atoms with van der Waals surface area (Å²) in [6, 6.07) is 4.24. The van der Waals surface area contributed by atoms with E-state index in [1.54, 1.807) is 4.68 Å². The maximum atomic E-state index is 8.82. The van der Waals surface area contributed by atoms with Crippen molar-refractivity contribution >= 4 is 5.82 Å². The highest BCUT2D eigenvalue weighted by atomic mass is 15.3. The highest BCUT2D eigenvalue weighted by Crippen LogP contribution is 2.44. The molecule has 13 heavy (non-hydrogen) atoms. The van der Waals surface area contributed by atoms with E-state index in [2.05, 4.69) is 16.5 Å². The van der Waals surface area contributed by atoms with E-state index < -0.39 is 0 Å². The molecule has 1 aromatic heterocycles. The molecule has 4 nitrogen and oxygen atoms in total. The molecular formula is C9H12N4. The van der Waals surface area contributed by atoms with Crippen LogP contribution in [-0.4, -0.2) is 16.3 Å². The van der Waals surface area contributed by atoms with Gasteiger partial charge in [-0.05, 0) is 12.8 Å². The minimum absolute atomic E-state index is 0.0997. The Balaban J connectivity index is 1.90. The van der Waals surface area contributed by atoms with Crippen LogP contribution < -0.4 is 5.32 Å². The molecule has 1 aliphatic carbocycles. The first kappa shape index (κ1) is 8.11. The molecule has 68 valence electrons. The van der Waals surface area contributed by atoms with Gasteiger partial charge in [-0.3, -0.25) is 4.68 Å². The summed E-state index contributed by atoms with van der Waals surface area (Å²) >= 11 is 0. The Morgan fingerprint density at radius 1 is 1.77 bits per heavy atom. The van der Waals surface area contributed by atoms with Crippen LogP contribution in [0.4, 0.5) is 5.82 Å². The summed E-state index contributed by atoms with van der Waals surface area (Å²) in [6.45, 7) is 0.723. The molecule has 4 heteroatoms. The third-order valence-corrected chi connectivity index (χ3v) is 2.41. The van der Waals surface area contributed by atoms with Crippen molar-refractivity contribution in [2.24, 2.45) is 12.5 Å². The van der Waals surface area contributed by atoms with Gasteiger partial charge in [0.25, 0.3) is 0 Å². The van der Waals surface area contributed by atoms with Crippen molar-refractivity contribution in [3.8, 4) is 6.07 Å². The molecule has 0 bridgehead atoms. The molecule has 0 atom stereocenters. The van der Waals surface area contributed by atoms with E-state index in [4.69, 9.17) is 5.26 Å². The zero-order valence-electron chi connectivity index (χ0n) is 7.62. The topological polar surface area (TPSA) is 53.6 Å².